The van der Waals surface area contributed by atoms with E-state index in [0.717, 1.165) is 12.1 Å². The number of halogens is 2. The molecule has 1 aromatic carbocycles. The number of anilines is 2. The molecule has 3 rings (SSSR count). The van der Waals surface area contributed by atoms with Gasteiger partial charge >= 0.3 is 11.9 Å². The van der Waals surface area contributed by atoms with Gasteiger partial charge in [-0.25, -0.2) is 13.2 Å². The number of likely N-dealkylation sites (tertiary alicyclic amines) is 1. The Morgan fingerprint density at radius 1 is 1.25 bits per heavy atom. The summed E-state index contributed by atoms with van der Waals surface area (Å²) in [5, 5.41) is 16.5. The molecule has 0 unspecified atom stereocenters. The van der Waals surface area contributed by atoms with Crippen molar-refractivity contribution in [1.82, 2.24) is 14.7 Å². The van der Waals surface area contributed by atoms with Gasteiger partial charge in [0, 0.05) is 25.0 Å². The number of carboxylic acid groups (broad SMARTS) is 1. The van der Waals surface area contributed by atoms with E-state index in [0.29, 0.717) is 38.0 Å². The molecule has 4 N–H and O–H groups in total. The number of rotatable bonds is 7. The van der Waals surface area contributed by atoms with Gasteiger partial charge < -0.3 is 21.1 Å². The number of alkyl halides is 2. The van der Waals surface area contributed by atoms with Gasteiger partial charge in [-0.3, -0.25) is 9.48 Å². The Labute approximate surface area is 182 Å². The number of aromatic nitrogens is 2. The van der Waals surface area contributed by atoms with Gasteiger partial charge in [0.1, 0.15) is 5.56 Å². The molecule has 2 amide bonds. The first-order valence-electron chi connectivity index (χ1n) is 9.77. The molecule has 1 saturated heterocycles. The lowest BCUT2D eigenvalue weighted by Gasteiger charge is -2.40. The second-order valence-corrected chi connectivity index (χ2v) is 9.42. The minimum atomic E-state index is -4.72. The number of carbonyl (C=O) groups is 2. The summed E-state index contributed by atoms with van der Waals surface area (Å²) in [7, 11) is -4.72. The average molecular weight is 471 g/mol. The van der Waals surface area contributed by atoms with Crippen LogP contribution in [0.5, 0.6) is 0 Å². The van der Waals surface area contributed by atoms with E-state index in [4.69, 9.17) is 5.73 Å². The highest BCUT2D eigenvalue weighted by molar-refractivity contribution is 7.91. The molecule has 0 spiro atoms. The summed E-state index contributed by atoms with van der Waals surface area (Å²) in [5.41, 5.74) is 5.39. The zero-order valence-electron chi connectivity index (χ0n) is 17.2. The first-order valence-corrected chi connectivity index (χ1v) is 11.3. The Hall–Kier alpha value is -3.22. The molecular weight excluding hydrogens is 448 g/mol. The Morgan fingerprint density at radius 2 is 1.84 bits per heavy atom. The number of hydrogen-bond acceptors (Lipinski definition) is 6. The van der Waals surface area contributed by atoms with Gasteiger partial charge in [-0.1, -0.05) is 6.92 Å². The van der Waals surface area contributed by atoms with Crippen LogP contribution in [-0.2, 0) is 15.4 Å². The van der Waals surface area contributed by atoms with E-state index in [-0.39, 0.29) is 11.4 Å². The van der Waals surface area contributed by atoms with Crippen molar-refractivity contribution in [2.24, 2.45) is 5.73 Å². The Kier molecular flexibility index (Phi) is 6.39. The van der Waals surface area contributed by atoms with Gasteiger partial charge in [-0.15, -0.1) is 0 Å². The maximum atomic E-state index is 12.7. The predicted molar refractivity (Wildman–Crippen MR) is 111 cm³/mol. The van der Waals surface area contributed by atoms with Crippen molar-refractivity contribution in [2.75, 3.05) is 18.4 Å². The smallest absolute Gasteiger partial charge is 0.407 e. The number of amides is 2. The van der Waals surface area contributed by atoms with Crippen molar-refractivity contribution in [3.63, 3.8) is 0 Å². The third-order valence-electron chi connectivity index (χ3n) is 5.77. The molecular formula is C19H23F2N5O5S. The molecule has 0 atom stereocenters. The molecule has 2 heterocycles. The third-order valence-corrected chi connectivity index (χ3v) is 7.17. The summed E-state index contributed by atoms with van der Waals surface area (Å²) in [6.07, 6.45) is 2.14. The molecule has 32 heavy (non-hydrogen) atoms. The van der Waals surface area contributed by atoms with E-state index in [1.54, 1.807) is 4.68 Å². The first-order chi connectivity index (χ1) is 15.0. The first kappa shape index (κ1) is 23.4. The summed E-state index contributed by atoms with van der Waals surface area (Å²) in [5.74, 6) is -4.16. The zero-order valence-corrected chi connectivity index (χ0v) is 18.0. The molecule has 1 aliphatic heterocycles. The monoisotopic (exact) mass is 471 g/mol. The molecule has 1 fully saturated rings. The van der Waals surface area contributed by atoms with Gasteiger partial charge in [-0.05, 0) is 43.5 Å². The number of benzene rings is 1. The van der Waals surface area contributed by atoms with E-state index in [1.165, 1.54) is 23.2 Å². The Bertz CT molecular complexity index is 1110. The van der Waals surface area contributed by atoms with Crippen molar-refractivity contribution in [1.29, 1.82) is 0 Å². The lowest BCUT2D eigenvalue weighted by molar-refractivity contribution is 0.0844. The number of nitrogens with two attached hydrogens (primary N) is 1. The highest BCUT2D eigenvalue weighted by Gasteiger charge is 2.38. The van der Waals surface area contributed by atoms with E-state index in [9.17, 15) is 31.9 Å². The normalized spacial score (nSPS) is 16.2. The molecule has 0 radical (unpaired) electrons. The van der Waals surface area contributed by atoms with Crippen molar-refractivity contribution < 1.29 is 31.9 Å². The SMILES string of the molecule is CCC1(n2cc(C(N)=O)c(Nc3ccc(S(=O)(=O)C(F)F)cc3)n2)CCN(C(=O)O)CC1. The quantitative estimate of drug-likeness (QED) is 0.562. The van der Waals surface area contributed by atoms with Crippen LogP contribution in [0.25, 0.3) is 0 Å². The fraction of sp³-hybridized carbons (Fsp3) is 0.421. The highest BCUT2D eigenvalue weighted by Crippen LogP contribution is 2.35. The van der Waals surface area contributed by atoms with E-state index in [1.807, 2.05) is 6.92 Å². The Balaban J connectivity index is 1.89. The maximum Gasteiger partial charge on any atom is 0.407 e. The number of carbonyl (C=O) groups excluding carboxylic acids is 1. The number of sulfone groups is 1. The van der Waals surface area contributed by atoms with E-state index >= 15 is 0 Å². The number of nitrogens with zero attached hydrogens (tertiary/aromatic N) is 3. The summed E-state index contributed by atoms with van der Waals surface area (Å²) in [6, 6.07) is 4.61. The summed E-state index contributed by atoms with van der Waals surface area (Å²) < 4.78 is 50.2. The largest absolute Gasteiger partial charge is 0.465 e. The van der Waals surface area contributed by atoms with Crippen LogP contribution in [0, 0.1) is 0 Å². The molecule has 0 aliphatic carbocycles. The average Bonchev–Trinajstić information content (AvgIpc) is 3.18. The lowest BCUT2D eigenvalue weighted by atomic mass is 9.85. The van der Waals surface area contributed by atoms with Crippen LogP contribution >= 0.6 is 0 Å². The third kappa shape index (κ3) is 4.38. The van der Waals surface area contributed by atoms with Crippen LogP contribution in [0.4, 0.5) is 25.1 Å². The van der Waals surface area contributed by atoms with Crippen LogP contribution in [0.2, 0.25) is 0 Å². The molecule has 1 aliphatic rings. The minimum absolute atomic E-state index is 0.0859. The number of nitrogens with one attached hydrogen (secondary N) is 1. The summed E-state index contributed by atoms with van der Waals surface area (Å²) in [6.45, 7) is 2.58. The topological polar surface area (TPSA) is 148 Å². The highest BCUT2D eigenvalue weighted by atomic mass is 32.2. The predicted octanol–water partition coefficient (Wildman–Crippen LogP) is 2.60. The van der Waals surface area contributed by atoms with Crippen molar-refractivity contribution in [3.05, 3.63) is 36.0 Å². The fourth-order valence-electron chi connectivity index (χ4n) is 3.72. The molecule has 0 saturated carbocycles. The lowest BCUT2D eigenvalue weighted by Crippen LogP contribution is -2.47. The van der Waals surface area contributed by atoms with Gasteiger partial charge in [0.05, 0.1) is 10.4 Å². The molecule has 13 heteroatoms. The fourth-order valence-corrected chi connectivity index (χ4v) is 4.44. The van der Waals surface area contributed by atoms with E-state index in [2.05, 4.69) is 10.4 Å². The molecule has 2 aromatic rings. The molecule has 0 bridgehead atoms. The van der Waals surface area contributed by atoms with Gasteiger partial charge in [0.2, 0.25) is 9.84 Å². The second-order valence-electron chi connectivity index (χ2n) is 7.50. The van der Waals surface area contributed by atoms with Gasteiger partial charge in [0.25, 0.3) is 5.91 Å². The van der Waals surface area contributed by atoms with Crippen LogP contribution in [0.15, 0.2) is 35.4 Å². The van der Waals surface area contributed by atoms with Crippen molar-refractivity contribution in [2.45, 2.75) is 42.4 Å². The Morgan fingerprint density at radius 3 is 2.31 bits per heavy atom. The van der Waals surface area contributed by atoms with Crippen molar-refractivity contribution in [3.8, 4) is 0 Å². The van der Waals surface area contributed by atoms with Crippen LogP contribution < -0.4 is 11.1 Å². The number of piperidine rings is 1. The van der Waals surface area contributed by atoms with Crippen LogP contribution in [-0.4, -0.2) is 59.1 Å². The summed E-state index contributed by atoms with van der Waals surface area (Å²) in [4.78, 5) is 24.0. The standard InChI is InChI=1S/C19H23F2N5O5S/c1-2-19(7-9-25(10-8-19)18(28)29)26-11-14(15(22)27)16(24-26)23-12-3-5-13(6-4-12)32(30,31)17(20)21/h3-6,11,17H,2,7-10H2,1H3,(H2,22,27)(H,23,24)(H,28,29). The molecule has 10 nitrogen and oxygen atoms in total. The number of hydrogen-bond donors (Lipinski definition) is 3. The van der Waals surface area contributed by atoms with Gasteiger partial charge in [0.15, 0.2) is 5.82 Å². The summed E-state index contributed by atoms with van der Waals surface area (Å²) >= 11 is 0. The van der Waals surface area contributed by atoms with Crippen LogP contribution in [0.1, 0.15) is 36.5 Å². The second kappa shape index (κ2) is 8.73. The van der Waals surface area contributed by atoms with Crippen molar-refractivity contribution >= 4 is 33.3 Å². The van der Waals surface area contributed by atoms with Gasteiger partial charge in [-0.2, -0.15) is 13.9 Å². The number of primary amides is 1. The maximum absolute atomic E-state index is 12.7. The van der Waals surface area contributed by atoms with E-state index < -0.39 is 38.0 Å². The van der Waals surface area contributed by atoms with Crippen LogP contribution in [0.3, 0.4) is 0 Å². The molecule has 1 aromatic heterocycles. The zero-order chi connectivity index (χ0) is 23.7. The molecule has 174 valence electrons. The minimum Gasteiger partial charge on any atom is -0.465 e.